The minimum absolute atomic E-state index is 0.0703. The molecule has 1 aliphatic heterocycles. The first kappa shape index (κ1) is 18.3. The summed E-state index contributed by atoms with van der Waals surface area (Å²) in [5.74, 6) is 0. The Morgan fingerprint density at radius 2 is 1.85 bits per heavy atom. The minimum Gasteiger partial charge on any atom is -0.445 e. The van der Waals surface area contributed by atoms with Gasteiger partial charge in [-0.05, 0) is 24.5 Å². The van der Waals surface area contributed by atoms with E-state index in [4.69, 9.17) is 27.9 Å². The third-order valence-corrected chi connectivity index (χ3v) is 5.58. The highest BCUT2D eigenvalue weighted by atomic mass is 35.5. The normalized spacial score (nSPS) is 19.6. The van der Waals surface area contributed by atoms with Gasteiger partial charge in [0.15, 0.2) is 0 Å². The molecule has 140 valence electrons. The van der Waals surface area contributed by atoms with Gasteiger partial charge in [0.25, 0.3) is 0 Å². The van der Waals surface area contributed by atoms with E-state index in [1.807, 2.05) is 30.3 Å². The summed E-state index contributed by atoms with van der Waals surface area (Å²) in [7, 11) is 0. The fraction of sp³-hybridized carbons (Fsp3) is 0.278. The van der Waals surface area contributed by atoms with Crippen molar-refractivity contribution in [3.8, 4) is 0 Å². The number of fused-ring (bicyclic) bond motifs is 1. The fourth-order valence-electron chi connectivity index (χ4n) is 3.00. The summed E-state index contributed by atoms with van der Waals surface area (Å²) in [4.78, 5) is 11.9. The summed E-state index contributed by atoms with van der Waals surface area (Å²) < 4.78 is 13.7. The van der Waals surface area contributed by atoms with Crippen molar-refractivity contribution >= 4 is 57.7 Å². The molecule has 4 rings (SSSR count). The molecule has 2 aromatic rings. The standard InChI is InChI=1S/C18H16Cl2N4O2S/c19-13-8-14(20)16-17(24-27-23-16)15(13)21-11-6-12(7-11)22-18(25)26-9-10-4-2-1-3-5-10/h1-5,8,11-12,21H,6-7,9H2,(H,22,25). The molecular weight excluding hydrogens is 407 g/mol. The average Bonchev–Trinajstić information content (AvgIpc) is 3.12. The van der Waals surface area contributed by atoms with Gasteiger partial charge in [-0.3, -0.25) is 0 Å². The Kier molecular flexibility index (Phi) is 5.33. The van der Waals surface area contributed by atoms with Gasteiger partial charge in [-0.2, -0.15) is 8.73 Å². The van der Waals surface area contributed by atoms with Gasteiger partial charge >= 0.3 is 6.09 Å². The highest BCUT2D eigenvalue weighted by molar-refractivity contribution is 7.58. The second-order valence-electron chi connectivity index (χ2n) is 6.39. The number of anilines is 1. The number of alkyl carbamates (subject to hydrolysis) is 1. The van der Waals surface area contributed by atoms with Crippen LogP contribution < -0.4 is 10.6 Å². The van der Waals surface area contributed by atoms with E-state index in [2.05, 4.69) is 19.4 Å². The van der Waals surface area contributed by atoms with Crippen LogP contribution in [0.3, 0.4) is 0 Å². The zero-order valence-electron chi connectivity index (χ0n) is 14.1. The van der Waals surface area contributed by atoms with Gasteiger partial charge in [0, 0.05) is 12.1 Å². The maximum atomic E-state index is 11.9. The molecule has 0 aromatic heterocycles. The van der Waals surface area contributed by atoms with Gasteiger partial charge in [-0.1, -0.05) is 53.5 Å². The summed E-state index contributed by atoms with van der Waals surface area (Å²) in [5.41, 5.74) is 3.02. The van der Waals surface area contributed by atoms with Crippen molar-refractivity contribution < 1.29 is 9.53 Å². The van der Waals surface area contributed by atoms with E-state index < -0.39 is 6.09 Å². The van der Waals surface area contributed by atoms with Crippen molar-refractivity contribution in [1.29, 1.82) is 0 Å². The van der Waals surface area contributed by atoms with E-state index in [9.17, 15) is 4.79 Å². The zero-order valence-corrected chi connectivity index (χ0v) is 16.4. The van der Waals surface area contributed by atoms with Gasteiger partial charge in [0.05, 0.1) is 27.1 Å². The van der Waals surface area contributed by atoms with Crippen LogP contribution in [0.15, 0.2) is 45.1 Å². The summed E-state index contributed by atoms with van der Waals surface area (Å²) in [5, 5.41) is 7.26. The number of halogens is 2. The Morgan fingerprint density at radius 1 is 1.11 bits per heavy atom. The first-order chi connectivity index (χ1) is 13.1. The Labute approximate surface area is 170 Å². The number of benzene rings is 2. The molecule has 1 fully saturated rings. The van der Waals surface area contributed by atoms with Crippen LogP contribution in [0.4, 0.5) is 21.9 Å². The van der Waals surface area contributed by atoms with Gasteiger partial charge in [-0.25, -0.2) is 4.79 Å². The SMILES string of the molecule is O=C(NC1CC(Nc2c(Cl)cc(Cl)c3c2N=S=N3)C1)OCc1ccccc1. The Balaban J connectivity index is 1.27. The smallest absolute Gasteiger partial charge is 0.407 e. The molecule has 0 bridgehead atoms. The number of nitrogens with zero attached hydrogens (tertiary/aromatic N) is 2. The van der Waals surface area contributed by atoms with Gasteiger partial charge < -0.3 is 15.4 Å². The van der Waals surface area contributed by atoms with Crippen LogP contribution in [0.1, 0.15) is 18.4 Å². The molecule has 1 saturated carbocycles. The maximum absolute atomic E-state index is 11.9. The highest BCUT2D eigenvalue weighted by Gasteiger charge is 2.32. The Morgan fingerprint density at radius 3 is 2.63 bits per heavy atom. The van der Waals surface area contributed by atoms with E-state index in [1.54, 1.807) is 6.07 Å². The zero-order chi connectivity index (χ0) is 18.8. The topological polar surface area (TPSA) is 75.1 Å². The number of ether oxygens (including phenoxy) is 1. The molecule has 0 spiro atoms. The van der Waals surface area contributed by atoms with Gasteiger partial charge in [0.2, 0.25) is 0 Å². The molecule has 2 aliphatic rings. The number of carbonyl (C=O) groups is 1. The summed E-state index contributed by atoms with van der Waals surface area (Å²) in [6, 6.07) is 11.5. The average molecular weight is 423 g/mol. The van der Waals surface area contributed by atoms with E-state index in [0.29, 0.717) is 21.4 Å². The highest BCUT2D eigenvalue weighted by Crippen LogP contribution is 2.48. The third-order valence-electron chi connectivity index (χ3n) is 4.47. The molecule has 9 heteroatoms. The van der Waals surface area contributed by atoms with Crippen LogP contribution in [0.25, 0.3) is 0 Å². The first-order valence-electron chi connectivity index (χ1n) is 8.44. The number of amides is 1. The van der Waals surface area contributed by atoms with Crippen LogP contribution in [-0.4, -0.2) is 18.2 Å². The van der Waals surface area contributed by atoms with E-state index in [0.717, 1.165) is 35.4 Å². The van der Waals surface area contributed by atoms with E-state index in [-0.39, 0.29) is 18.7 Å². The number of hydrogen-bond donors (Lipinski definition) is 2. The molecule has 0 unspecified atom stereocenters. The minimum atomic E-state index is -0.405. The lowest BCUT2D eigenvalue weighted by Gasteiger charge is -2.37. The van der Waals surface area contributed by atoms with Crippen LogP contribution in [0, 0.1) is 0 Å². The Bertz CT molecular complexity index is 942. The van der Waals surface area contributed by atoms with Gasteiger partial charge in [0.1, 0.15) is 18.0 Å². The summed E-state index contributed by atoms with van der Waals surface area (Å²) >= 11 is 13.6. The molecule has 1 heterocycles. The number of nitrogens with one attached hydrogen (secondary N) is 2. The molecule has 0 radical (unpaired) electrons. The van der Waals surface area contributed by atoms with Gasteiger partial charge in [-0.15, -0.1) is 0 Å². The monoisotopic (exact) mass is 422 g/mol. The van der Waals surface area contributed by atoms with Crippen molar-refractivity contribution in [2.24, 2.45) is 8.73 Å². The molecular formula is C18H16Cl2N4O2S. The largest absolute Gasteiger partial charge is 0.445 e. The predicted molar refractivity (Wildman–Crippen MR) is 108 cm³/mol. The Hall–Kier alpha value is -2.09. The number of rotatable bonds is 5. The van der Waals surface area contributed by atoms with Crippen LogP contribution in [-0.2, 0) is 22.7 Å². The summed E-state index contributed by atoms with van der Waals surface area (Å²) in [6.07, 6.45) is 1.15. The lowest BCUT2D eigenvalue weighted by Crippen LogP contribution is -2.49. The maximum Gasteiger partial charge on any atom is 0.407 e. The predicted octanol–water partition coefficient (Wildman–Crippen LogP) is 5.59. The molecule has 2 N–H and O–H groups in total. The van der Waals surface area contributed by atoms with Crippen LogP contribution >= 0.6 is 23.2 Å². The number of hydrogen-bond acceptors (Lipinski definition) is 5. The molecule has 0 atom stereocenters. The van der Waals surface area contributed by atoms with E-state index >= 15 is 0 Å². The quantitative estimate of drug-likeness (QED) is 0.562. The molecule has 27 heavy (non-hydrogen) atoms. The molecule has 2 aromatic carbocycles. The number of carbonyl (C=O) groups excluding carboxylic acids is 1. The third kappa shape index (κ3) is 4.10. The van der Waals surface area contributed by atoms with E-state index in [1.165, 1.54) is 0 Å². The molecule has 0 saturated heterocycles. The second kappa shape index (κ2) is 7.88. The van der Waals surface area contributed by atoms with Crippen LogP contribution in [0.2, 0.25) is 10.0 Å². The van der Waals surface area contributed by atoms with Crippen molar-refractivity contribution in [3.63, 3.8) is 0 Å². The first-order valence-corrected chi connectivity index (χ1v) is 9.93. The summed E-state index contributed by atoms with van der Waals surface area (Å²) in [6.45, 7) is 0.260. The van der Waals surface area contributed by atoms with Crippen molar-refractivity contribution in [2.75, 3.05) is 5.32 Å². The second-order valence-corrected chi connectivity index (χ2v) is 7.74. The fourth-order valence-corrected chi connectivity index (χ4v) is 4.17. The van der Waals surface area contributed by atoms with Crippen molar-refractivity contribution in [3.05, 3.63) is 52.0 Å². The molecule has 6 nitrogen and oxygen atoms in total. The van der Waals surface area contributed by atoms with Crippen LogP contribution in [0.5, 0.6) is 0 Å². The molecule has 1 amide bonds. The lowest BCUT2D eigenvalue weighted by molar-refractivity contribution is 0.129. The van der Waals surface area contributed by atoms with Crippen molar-refractivity contribution in [2.45, 2.75) is 31.5 Å². The lowest BCUT2D eigenvalue weighted by atomic mass is 9.86. The molecule has 1 aliphatic carbocycles. The van der Waals surface area contributed by atoms with Crippen molar-refractivity contribution in [1.82, 2.24) is 5.32 Å².